The van der Waals surface area contributed by atoms with E-state index in [9.17, 15) is 4.79 Å². The fourth-order valence-corrected chi connectivity index (χ4v) is 2.10. The minimum Gasteiger partial charge on any atom is -0.465 e. The molecular formula is C14H14N6O2. The maximum atomic E-state index is 11.8. The van der Waals surface area contributed by atoms with E-state index in [4.69, 9.17) is 4.74 Å². The van der Waals surface area contributed by atoms with E-state index in [1.54, 1.807) is 22.9 Å². The zero-order valence-electron chi connectivity index (χ0n) is 12.1. The van der Waals surface area contributed by atoms with E-state index in [-0.39, 0.29) is 0 Å². The Hall–Kier alpha value is -3.03. The molecule has 2 aromatic heterocycles. The predicted molar refractivity (Wildman–Crippen MR) is 79.9 cm³/mol. The standard InChI is InChI=1S/C14H14N6O2/c1-3-20-13-11(18-19-20)12(15-8-16-13)17-10-7-5-4-6-9(10)14(21)22-2/h4-8H,3H2,1-2H3,(H,15,16,17). The van der Waals surface area contributed by atoms with Crippen LogP contribution in [0.2, 0.25) is 0 Å². The molecule has 0 saturated heterocycles. The number of ether oxygens (including phenoxy) is 1. The molecule has 1 aromatic carbocycles. The zero-order chi connectivity index (χ0) is 15.5. The lowest BCUT2D eigenvalue weighted by Crippen LogP contribution is -2.06. The molecule has 0 fully saturated rings. The van der Waals surface area contributed by atoms with Gasteiger partial charge in [-0.3, -0.25) is 0 Å². The number of fused-ring (bicyclic) bond motifs is 1. The van der Waals surface area contributed by atoms with Crippen LogP contribution >= 0.6 is 0 Å². The van der Waals surface area contributed by atoms with E-state index >= 15 is 0 Å². The maximum Gasteiger partial charge on any atom is 0.339 e. The van der Waals surface area contributed by atoms with Crippen LogP contribution in [-0.4, -0.2) is 38.0 Å². The number of nitrogens with zero attached hydrogens (tertiary/aromatic N) is 5. The second-order valence-corrected chi connectivity index (χ2v) is 4.46. The average Bonchev–Trinajstić information content (AvgIpc) is 2.99. The molecular weight excluding hydrogens is 284 g/mol. The minimum atomic E-state index is -0.425. The van der Waals surface area contributed by atoms with E-state index in [1.165, 1.54) is 13.4 Å². The minimum absolute atomic E-state index is 0.416. The third kappa shape index (κ3) is 2.34. The fraction of sp³-hybridized carbons (Fsp3) is 0.214. The van der Waals surface area contributed by atoms with Gasteiger partial charge in [-0.05, 0) is 19.1 Å². The molecule has 0 aliphatic carbocycles. The second kappa shape index (κ2) is 5.76. The first kappa shape index (κ1) is 13.9. The van der Waals surface area contributed by atoms with E-state index < -0.39 is 5.97 Å². The third-order valence-electron chi connectivity index (χ3n) is 3.19. The number of hydrogen-bond acceptors (Lipinski definition) is 7. The molecule has 0 spiro atoms. The molecule has 0 aliphatic heterocycles. The largest absolute Gasteiger partial charge is 0.465 e. The SMILES string of the molecule is CCn1nnc2c(Nc3ccccc3C(=O)OC)ncnc21. The molecule has 2 heterocycles. The van der Waals surface area contributed by atoms with Gasteiger partial charge in [0.15, 0.2) is 17.0 Å². The molecule has 3 aromatic rings. The maximum absolute atomic E-state index is 11.8. The van der Waals surface area contributed by atoms with Gasteiger partial charge in [-0.2, -0.15) is 0 Å². The van der Waals surface area contributed by atoms with Crippen molar-refractivity contribution in [3.63, 3.8) is 0 Å². The van der Waals surface area contributed by atoms with Gasteiger partial charge in [-0.15, -0.1) is 5.10 Å². The summed E-state index contributed by atoms with van der Waals surface area (Å²) in [5.74, 6) is 0.0617. The van der Waals surface area contributed by atoms with Crippen LogP contribution in [-0.2, 0) is 11.3 Å². The van der Waals surface area contributed by atoms with Crippen LogP contribution in [0, 0.1) is 0 Å². The zero-order valence-corrected chi connectivity index (χ0v) is 12.1. The van der Waals surface area contributed by atoms with Crippen LogP contribution in [0.4, 0.5) is 11.5 Å². The molecule has 0 unspecified atom stereocenters. The van der Waals surface area contributed by atoms with Gasteiger partial charge in [-0.1, -0.05) is 17.3 Å². The van der Waals surface area contributed by atoms with Gasteiger partial charge < -0.3 is 10.1 Å². The van der Waals surface area contributed by atoms with Crippen LogP contribution < -0.4 is 5.32 Å². The number of para-hydroxylation sites is 1. The molecule has 8 heteroatoms. The van der Waals surface area contributed by atoms with Gasteiger partial charge in [0, 0.05) is 6.54 Å². The number of aromatic nitrogens is 5. The normalized spacial score (nSPS) is 10.6. The number of aryl methyl sites for hydroxylation is 1. The number of hydrogen-bond donors (Lipinski definition) is 1. The number of rotatable bonds is 4. The van der Waals surface area contributed by atoms with E-state index in [0.717, 1.165) is 0 Å². The number of nitrogens with one attached hydrogen (secondary N) is 1. The molecule has 3 rings (SSSR count). The van der Waals surface area contributed by atoms with E-state index in [0.29, 0.717) is 34.8 Å². The molecule has 0 aliphatic rings. The Morgan fingerprint density at radius 2 is 2.14 bits per heavy atom. The number of esters is 1. The lowest BCUT2D eigenvalue weighted by Gasteiger charge is -2.09. The van der Waals surface area contributed by atoms with Gasteiger partial charge in [0.2, 0.25) is 0 Å². The number of carbonyl (C=O) groups excluding carboxylic acids is 1. The lowest BCUT2D eigenvalue weighted by molar-refractivity contribution is 0.0602. The van der Waals surface area contributed by atoms with Crippen LogP contribution in [0.15, 0.2) is 30.6 Å². The fourth-order valence-electron chi connectivity index (χ4n) is 2.10. The molecule has 0 radical (unpaired) electrons. The number of carbonyl (C=O) groups is 1. The van der Waals surface area contributed by atoms with Crippen molar-refractivity contribution in [2.45, 2.75) is 13.5 Å². The summed E-state index contributed by atoms with van der Waals surface area (Å²) in [6.07, 6.45) is 1.43. The van der Waals surface area contributed by atoms with Gasteiger partial charge in [0.05, 0.1) is 18.4 Å². The molecule has 0 amide bonds. The van der Waals surface area contributed by atoms with Crippen molar-refractivity contribution in [1.29, 1.82) is 0 Å². The Labute approximate surface area is 126 Å². The summed E-state index contributed by atoms with van der Waals surface area (Å²) in [7, 11) is 1.34. The highest BCUT2D eigenvalue weighted by molar-refractivity contribution is 5.97. The number of benzene rings is 1. The highest BCUT2D eigenvalue weighted by atomic mass is 16.5. The van der Waals surface area contributed by atoms with E-state index in [1.807, 2.05) is 13.0 Å². The molecule has 112 valence electrons. The van der Waals surface area contributed by atoms with Gasteiger partial charge in [-0.25, -0.2) is 19.4 Å². The van der Waals surface area contributed by atoms with Crippen molar-refractivity contribution >= 4 is 28.6 Å². The van der Waals surface area contributed by atoms with Crippen molar-refractivity contribution in [2.24, 2.45) is 0 Å². The van der Waals surface area contributed by atoms with Crippen molar-refractivity contribution in [3.8, 4) is 0 Å². The molecule has 22 heavy (non-hydrogen) atoms. The summed E-state index contributed by atoms with van der Waals surface area (Å²) >= 11 is 0. The first-order valence-electron chi connectivity index (χ1n) is 6.73. The quantitative estimate of drug-likeness (QED) is 0.733. The Kier molecular flexibility index (Phi) is 3.65. The summed E-state index contributed by atoms with van der Waals surface area (Å²) in [5.41, 5.74) is 2.18. The second-order valence-electron chi connectivity index (χ2n) is 4.46. The van der Waals surface area contributed by atoms with Gasteiger partial charge in [0.1, 0.15) is 6.33 Å². The van der Waals surface area contributed by atoms with Crippen molar-refractivity contribution in [1.82, 2.24) is 25.0 Å². The molecule has 1 N–H and O–H groups in total. The average molecular weight is 298 g/mol. The summed E-state index contributed by atoms with van der Waals surface area (Å²) in [6.45, 7) is 2.61. The Balaban J connectivity index is 2.04. The molecule has 8 nitrogen and oxygen atoms in total. The third-order valence-corrected chi connectivity index (χ3v) is 3.19. The number of methoxy groups -OCH3 is 1. The summed E-state index contributed by atoms with van der Waals surface area (Å²) < 4.78 is 6.45. The van der Waals surface area contributed by atoms with Crippen molar-refractivity contribution < 1.29 is 9.53 Å². The Bertz CT molecular complexity index is 829. The molecule has 0 bridgehead atoms. The first-order chi connectivity index (χ1) is 10.7. The predicted octanol–water partition coefficient (Wildman–Crippen LogP) is 1.77. The van der Waals surface area contributed by atoms with Crippen LogP contribution in [0.5, 0.6) is 0 Å². The van der Waals surface area contributed by atoms with E-state index in [2.05, 4.69) is 25.6 Å². The summed E-state index contributed by atoms with van der Waals surface area (Å²) in [5, 5.41) is 11.2. The molecule has 0 saturated carbocycles. The Morgan fingerprint density at radius 1 is 1.32 bits per heavy atom. The highest BCUT2D eigenvalue weighted by Gasteiger charge is 2.15. The van der Waals surface area contributed by atoms with Crippen LogP contribution in [0.1, 0.15) is 17.3 Å². The monoisotopic (exact) mass is 298 g/mol. The first-order valence-corrected chi connectivity index (χ1v) is 6.73. The van der Waals surface area contributed by atoms with Gasteiger partial charge >= 0.3 is 5.97 Å². The van der Waals surface area contributed by atoms with Gasteiger partial charge in [0.25, 0.3) is 0 Å². The number of anilines is 2. The van der Waals surface area contributed by atoms with Crippen LogP contribution in [0.25, 0.3) is 11.2 Å². The van der Waals surface area contributed by atoms with Crippen molar-refractivity contribution in [3.05, 3.63) is 36.2 Å². The lowest BCUT2D eigenvalue weighted by atomic mass is 10.2. The topological polar surface area (TPSA) is 94.8 Å². The molecule has 0 atom stereocenters. The summed E-state index contributed by atoms with van der Waals surface area (Å²) in [4.78, 5) is 20.2. The smallest absolute Gasteiger partial charge is 0.339 e. The van der Waals surface area contributed by atoms with Crippen LogP contribution in [0.3, 0.4) is 0 Å². The summed E-state index contributed by atoms with van der Waals surface area (Å²) in [6, 6.07) is 7.02. The highest BCUT2D eigenvalue weighted by Crippen LogP contribution is 2.24. The Morgan fingerprint density at radius 3 is 2.91 bits per heavy atom. The van der Waals surface area contributed by atoms with Crippen molar-refractivity contribution in [2.75, 3.05) is 12.4 Å².